The molecule has 0 aliphatic carbocycles. The summed E-state index contributed by atoms with van der Waals surface area (Å²) in [6.07, 6.45) is 0. The fourth-order valence-electron chi connectivity index (χ4n) is 1.23. The summed E-state index contributed by atoms with van der Waals surface area (Å²) in [5.41, 5.74) is -1.84. The molecule has 0 heterocycles. The van der Waals surface area contributed by atoms with Crippen LogP contribution in [-0.2, 0) is 15.5 Å². The van der Waals surface area contributed by atoms with Crippen LogP contribution in [-0.4, -0.2) is 12.6 Å². The molecule has 0 saturated heterocycles. The highest BCUT2D eigenvalue weighted by molar-refractivity contribution is 5.80. The highest BCUT2D eigenvalue weighted by atomic mass is 19.3. The van der Waals surface area contributed by atoms with Crippen LogP contribution in [0.5, 0.6) is 0 Å². The van der Waals surface area contributed by atoms with Gasteiger partial charge in [-0.1, -0.05) is 12.1 Å². The fraction of sp³-hybridized carbons (Fsp3) is 0.273. The molecule has 0 amide bonds. The van der Waals surface area contributed by atoms with E-state index in [1.54, 1.807) is 0 Å². The summed E-state index contributed by atoms with van der Waals surface area (Å²) < 4.78 is 44.4. The lowest BCUT2D eigenvalue weighted by Gasteiger charge is -2.16. The number of esters is 1. The Morgan fingerprint density at radius 2 is 2.18 bits per heavy atom. The second kappa shape index (κ2) is 4.87. The zero-order chi connectivity index (χ0) is 13.1. The van der Waals surface area contributed by atoms with Gasteiger partial charge in [0.2, 0.25) is 0 Å². The van der Waals surface area contributed by atoms with E-state index in [0.29, 0.717) is 0 Å². The topological polar surface area (TPSA) is 50.1 Å². The Morgan fingerprint density at radius 3 is 2.71 bits per heavy atom. The van der Waals surface area contributed by atoms with Gasteiger partial charge in [-0.25, -0.2) is 9.18 Å². The van der Waals surface area contributed by atoms with Crippen molar-refractivity contribution in [1.82, 2.24) is 0 Å². The summed E-state index contributed by atoms with van der Waals surface area (Å²) in [6, 6.07) is 3.99. The van der Waals surface area contributed by atoms with Crippen molar-refractivity contribution < 1.29 is 22.7 Å². The quantitative estimate of drug-likeness (QED) is 0.765. The van der Waals surface area contributed by atoms with Crippen LogP contribution in [0.4, 0.5) is 13.2 Å². The van der Waals surface area contributed by atoms with Crippen molar-refractivity contribution >= 4 is 5.97 Å². The second-order valence-corrected chi connectivity index (χ2v) is 3.07. The summed E-state index contributed by atoms with van der Waals surface area (Å²) >= 11 is 0. The Kier molecular flexibility index (Phi) is 3.73. The molecule has 6 heteroatoms. The van der Waals surface area contributed by atoms with Crippen molar-refractivity contribution in [2.75, 3.05) is 6.61 Å². The molecule has 0 spiro atoms. The van der Waals surface area contributed by atoms with Crippen LogP contribution in [0.25, 0.3) is 0 Å². The molecular formula is C11H8F3NO2. The van der Waals surface area contributed by atoms with Gasteiger partial charge in [-0.3, -0.25) is 0 Å². The average Bonchev–Trinajstić information content (AvgIpc) is 2.29. The van der Waals surface area contributed by atoms with E-state index in [-0.39, 0.29) is 6.61 Å². The van der Waals surface area contributed by atoms with Crippen LogP contribution in [0.3, 0.4) is 0 Å². The lowest BCUT2D eigenvalue weighted by molar-refractivity contribution is -0.173. The van der Waals surface area contributed by atoms with Crippen LogP contribution in [0.1, 0.15) is 18.1 Å². The first kappa shape index (κ1) is 13.0. The smallest absolute Gasteiger partial charge is 0.382 e. The average molecular weight is 243 g/mol. The van der Waals surface area contributed by atoms with E-state index in [0.717, 1.165) is 18.2 Å². The third-order valence-corrected chi connectivity index (χ3v) is 2.00. The zero-order valence-electron chi connectivity index (χ0n) is 8.84. The number of carbonyl (C=O) groups excluding carboxylic acids is 1. The van der Waals surface area contributed by atoms with Crippen LogP contribution in [0.15, 0.2) is 18.2 Å². The van der Waals surface area contributed by atoms with Gasteiger partial charge >= 0.3 is 11.9 Å². The van der Waals surface area contributed by atoms with Crippen molar-refractivity contribution in [3.05, 3.63) is 35.1 Å². The highest BCUT2D eigenvalue weighted by Gasteiger charge is 2.45. The number of halogens is 3. The molecule has 1 aromatic rings. The van der Waals surface area contributed by atoms with Crippen molar-refractivity contribution in [1.29, 1.82) is 5.26 Å². The third kappa shape index (κ3) is 2.38. The van der Waals surface area contributed by atoms with Gasteiger partial charge in [0.25, 0.3) is 0 Å². The second-order valence-electron chi connectivity index (χ2n) is 3.07. The minimum atomic E-state index is -4.04. The molecule has 0 N–H and O–H groups in total. The molecule has 0 aromatic heterocycles. The van der Waals surface area contributed by atoms with Gasteiger partial charge in [0.15, 0.2) is 0 Å². The number of carbonyl (C=O) groups is 1. The van der Waals surface area contributed by atoms with Gasteiger partial charge in [0.05, 0.1) is 17.7 Å². The van der Waals surface area contributed by atoms with Crippen LogP contribution >= 0.6 is 0 Å². The largest absolute Gasteiger partial charge is 0.461 e. The molecule has 0 fully saturated rings. The molecule has 1 rings (SSSR count). The van der Waals surface area contributed by atoms with Gasteiger partial charge in [0, 0.05) is 0 Å². The lowest BCUT2D eigenvalue weighted by Crippen LogP contribution is -2.29. The molecule has 1 aromatic carbocycles. The molecule has 0 bridgehead atoms. The van der Waals surface area contributed by atoms with E-state index in [9.17, 15) is 18.0 Å². The minimum Gasteiger partial charge on any atom is -0.461 e. The summed E-state index contributed by atoms with van der Waals surface area (Å²) in [7, 11) is 0. The van der Waals surface area contributed by atoms with Crippen LogP contribution in [0, 0.1) is 17.1 Å². The SMILES string of the molecule is CCOC(=O)C(F)(F)c1cccc(F)c1C#N. The molecule has 0 radical (unpaired) electrons. The molecule has 0 saturated carbocycles. The Morgan fingerprint density at radius 1 is 1.53 bits per heavy atom. The van der Waals surface area contributed by atoms with E-state index in [1.807, 2.05) is 0 Å². The maximum atomic E-state index is 13.6. The number of hydrogen-bond donors (Lipinski definition) is 0. The maximum absolute atomic E-state index is 13.6. The van der Waals surface area contributed by atoms with Gasteiger partial charge in [-0.05, 0) is 13.0 Å². The molecule has 90 valence electrons. The van der Waals surface area contributed by atoms with Crippen LogP contribution < -0.4 is 0 Å². The monoisotopic (exact) mass is 243 g/mol. The molecule has 0 aliphatic rings. The van der Waals surface area contributed by atoms with E-state index >= 15 is 0 Å². The summed E-state index contributed by atoms with van der Waals surface area (Å²) in [4.78, 5) is 11.0. The molecule has 3 nitrogen and oxygen atoms in total. The summed E-state index contributed by atoms with van der Waals surface area (Å²) in [6.45, 7) is 1.14. The summed E-state index contributed by atoms with van der Waals surface area (Å²) in [5.74, 6) is -6.94. The number of alkyl halides is 2. The van der Waals surface area contributed by atoms with Crippen molar-refractivity contribution in [3.63, 3.8) is 0 Å². The Labute approximate surface area is 95.4 Å². The lowest BCUT2D eigenvalue weighted by atomic mass is 10.0. The van der Waals surface area contributed by atoms with Gasteiger partial charge in [0.1, 0.15) is 11.9 Å². The Hall–Kier alpha value is -2.03. The molecule has 0 aliphatic heterocycles. The Balaban J connectivity index is 3.29. The molecule has 0 atom stereocenters. The molecule has 17 heavy (non-hydrogen) atoms. The first-order chi connectivity index (χ1) is 7.95. The van der Waals surface area contributed by atoms with E-state index in [4.69, 9.17) is 5.26 Å². The number of benzene rings is 1. The predicted molar refractivity (Wildman–Crippen MR) is 51.6 cm³/mol. The molecule has 0 unspecified atom stereocenters. The zero-order valence-corrected chi connectivity index (χ0v) is 8.84. The normalized spacial score (nSPS) is 10.8. The van der Waals surface area contributed by atoms with Crippen molar-refractivity contribution in [3.8, 4) is 6.07 Å². The Bertz CT molecular complexity index is 480. The number of hydrogen-bond acceptors (Lipinski definition) is 3. The first-order valence-corrected chi connectivity index (χ1v) is 4.69. The van der Waals surface area contributed by atoms with Crippen molar-refractivity contribution in [2.24, 2.45) is 0 Å². The van der Waals surface area contributed by atoms with Crippen LogP contribution in [0.2, 0.25) is 0 Å². The first-order valence-electron chi connectivity index (χ1n) is 4.69. The van der Waals surface area contributed by atoms with E-state index in [2.05, 4.69) is 4.74 Å². The number of nitrogens with zero attached hydrogens (tertiary/aromatic N) is 1. The number of nitriles is 1. The summed E-state index contributed by atoms with van der Waals surface area (Å²) in [5, 5.41) is 8.60. The number of rotatable bonds is 3. The minimum absolute atomic E-state index is 0.231. The van der Waals surface area contributed by atoms with Gasteiger partial charge in [-0.2, -0.15) is 14.0 Å². The van der Waals surface area contributed by atoms with Crippen molar-refractivity contribution in [2.45, 2.75) is 12.8 Å². The molecular weight excluding hydrogens is 235 g/mol. The van der Waals surface area contributed by atoms with Gasteiger partial charge < -0.3 is 4.74 Å². The highest BCUT2D eigenvalue weighted by Crippen LogP contribution is 2.32. The maximum Gasteiger partial charge on any atom is 0.382 e. The number of ether oxygens (including phenoxy) is 1. The van der Waals surface area contributed by atoms with E-state index < -0.39 is 28.8 Å². The third-order valence-electron chi connectivity index (χ3n) is 2.00. The van der Waals surface area contributed by atoms with E-state index in [1.165, 1.54) is 13.0 Å². The van der Waals surface area contributed by atoms with Gasteiger partial charge in [-0.15, -0.1) is 0 Å². The standard InChI is InChI=1S/C11H8F3NO2/c1-2-17-10(16)11(13,14)8-4-3-5-9(12)7(8)6-15/h3-5H,2H2,1H3. The predicted octanol–water partition coefficient (Wildman–Crippen LogP) is 2.35. The fourth-order valence-corrected chi connectivity index (χ4v) is 1.23.